The zero-order valence-corrected chi connectivity index (χ0v) is 12.4. The van der Waals surface area contributed by atoms with E-state index < -0.39 is 17.2 Å². The van der Waals surface area contributed by atoms with Gasteiger partial charge in [0.05, 0.1) is 5.54 Å². The highest BCUT2D eigenvalue weighted by molar-refractivity contribution is 5.87. The van der Waals surface area contributed by atoms with Crippen LogP contribution in [-0.4, -0.2) is 23.0 Å². The molecule has 0 radical (unpaired) electrons. The van der Waals surface area contributed by atoms with Gasteiger partial charge in [-0.2, -0.15) is 0 Å². The molecule has 0 aromatic rings. The molecule has 108 valence electrons. The zero-order valence-electron chi connectivity index (χ0n) is 12.4. The molecule has 1 aliphatic rings. The summed E-state index contributed by atoms with van der Waals surface area (Å²) in [6, 6.07) is 0. The first-order valence-electron chi connectivity index (χ1n) is 6.93. The number of carbonyl (C=O) groups is 2. The maximum atomic E-state index is 11.9. The van der Waals surface area contributed by atoms with Gasteiger partial charge in [0.2, 0.25) is 0 Å². The van der Waals surface area contributed by atoms with E-state index in [9.17, 15) is 9.59 Å². The van der Waals surface area contributed by atoms with Crippen LogP contribution >= 0.6 is 0 Å². The molecule has 0 saturated heterocycles. The van der Waals surface area contributed by atoms with Crippen molar-refractivity contribution in [3.05, 3.63) is 12.2 Å². The fourth-order valence-electron chi connectivity index (χ4n) is 2.30. The van der Waals surface area contributed by atoms with Crippen molar-refractivity contribution in [2.45, 2.75) is 70.9 Å². The molecule has 0 atom stereocenters. The van der Waals surface area contributed by atoms with Crippen molar-refractivity contribution < 1.29 is 14.3 Å². The van der Waals surface area contributed by atoms with Crippen molar-refractivity contribution in [1.29, 1.82) is 0 Å². The summed E-state index contributed by atoms with van der Waals surface area (Å²) in [6.45, 7) is 7.03. The van der Waals surface area contributed by atoms with Crippen molar-refractivity contribution >= 4 is 11.9 Å². The van der Waals surface area contributed by atoms with Gasteiger partial charge in [0.15, 0.2) is 5.78 Å². The molecular weight excluding hydrogens is 242 g/mol. The van der Waals surface area contributed by atoms with E-state index in [-0.39, 0.29) is 5.78 Å². The Morgan fingerprint density at radius 3 is 2.21 bits per heavy atom. The third-order valence-corrected chi connectivity index (χ3v) is 3.13. The quantitative estimate of drug-likeness (QED) is 0.798. The Balaban J connectivity index is 2.74. The second-order valence-corrected chi connectivity index (χ2v) is 6.29. The number of hydrogen-bond donors (Lipinski definition) is 1. The largest absolute Gasteiger partial charge is 0.444 e. The third-order valence-electron chi connectivity index (χ3n) is 3.13. The predicted molar refractivity (Wildman–Crippen MR) is 75.0 cm³/mol. The second-order valence-electron chi connectivity index (χ2n) is 6.29. The van der Waals surface area contributed by atoms with Gasteiger partial charge < -0.3 is 10.1 Å². The number of amides is 1. The molecular formula is C15H25NO3. The van der Waals surface area contributed by atoms with Crippen molar-refractivity contribution in [3.63, 3.8) is 0 Å². The molecule has 1 amide bonds. The number of ketones is 1. The van der Waals surface area contributed by atoms with Gasteiger partial charge in [-0.1, -0.05) is 25.3 Å². The number of allylic oxidation sites excluding steroid dienone is 1. The summed E-state index contributed by atoms with van der Waals surface area (Å²) in [6.07, 6.45) is 7.96. The maximum Gasteiger partial charge on any atom is 0.408 e. The topological polar surface area (TPSA) is 55.4 Å². The van der Waals surface area contributed by atoms with E-state index in [0.29, 0.717) is 0 Å². The lowest BCUT2D eigenvalue weighted by Crippen LogP contribution is -2.50. The molecule has 1 aliphatic carbocycles. The lowest BCUT2D eigenvalue weighted by molar-refractivity contribution is -0.112. The standard InChI is InChI=1S/C15H25NO3/c1-12(17)8-11-15(9-6-5-7-10-15)16-13(18)19-14(2,3)4/h8,11H,5-7,9-10H2,1-4H3,(H,16,18)/b11-8-. The van der Waals surface area contributed by atoms with Crippen LogP contribution in [0, 0.1) is 0 Å². The summed E-state index contributed by atoms with van der Waals surface area (Å²) in [5.41, 5.74) is -0.934. The fraction of sp³-hybridized carbons (Fsp3) is 0.733. The van der Waals surface area contributed by atoms with Crippen LogP contribution in [0.3, 0.4) is 0 Å². The van der Waals surface area contributed by atoms with Gasteiger partial charge in [0.25, 0.3) is 0 Å². The molecule has 0 bridgehead atoms. The molecule has 4 heteroatoms. The average molecular weight is 267 g/mol. The van der Waals surface area contributed by atoms with Gasteiger partial charge in [-0.3, -0.25) is 4.79 Å². The molecule has 0 heterocycles. The molecule has 1 fully saturated rings. The van der Waals surface area contributed by atoms with Crippen LogP contribution in [-0.2, 0) is 9.53 Å². The molecule has 1 saturated carbocycles. The van der Waals surface area contributed by atoms with E-state index in [2.05, 4.69) is 5.32 Å². The predicted octanol–water partition coefficient (Wildman–Crippen LogP) is 3.36. The lowest BCUT2D eigenvalue weighted by atomic mass is 9.81. The normalized spacial score (nSPS) is 19.2. The molecule has 4 nitrogen and oxygen atoms in total. The minimum absolute atomic E-state index is 0.00376. The van der Waals surface area contributed by atoms with Crippen LogP contribution < -0.4 is 5.32 Å². The molecule has 19 heavy (non-hydrogen) atoms. The van der Waals surface area contributed by atoms with Crippen LogP contribution in [0.1, 0.15) is 59.8 Å². The minimum atomic E-state index is -0.510. The highest BCUT2D eigenvalue weighted by atomic mass is 16.6. The Bertz CT molecular complexity index is 360. The first-order valence-corrected chi connectivity index (χ1v) is 6.93. The van der Waals surface area contributed by atoms with Crippen molar-refractivity contribution in [2.24, 2.45) is 0 Å². The van der Waals surface area contributed by atoms with Gasteiger partial charge in [0, 0.05) is 0 Å². The smallest absolute Gasteiger partial charge is 0.408 e. The summed E-state index contributed by atoms with van der Waals surface area (Å²) in [4.78, 5) is 23.0. The number of rotatable bonds is 3. The van der Waals surface area contributed by atoms with E-state index in [1.807, 2.05) is 26.8 Å². The summed E-state index contributed by atoms with van der Waals surface area (Å²) < 4.78 is 5.30. The first-order chi connectivity index (χ1) is 8.72. The Labute approximate surface area is 115 Å². The lowest BCUT2D eigenvalue weighted by Gasteiger charge is -2.36. The highest BCUT2D eigenvalue weighted by Gasteiger charge is 2.32. The van der Waals surface area contributed by atoms with Crippen LogP contribution in [0.25, 0.3) is 0 Å². The van der Waals surface area contributed by atoms with Gasteiger partial charge in [-0.15, -0.1) is 0 Å². The summed E-state index contributed by atoms with van der Waals surface area (Å²) in [5.74, 6) is -0.00376. The number of alkyl carbamates (subject to hydrolysis) is 1. The van der Waals surface area contributed by atoms with Crippen molar-refractivity contribution in [2.75, 3.05) is 0 Å². The van der Waals surface area contributed by atoms with E-state index >= 15 is 0 Å². The van der Waals surface area contributed by atoms with Crippen molar-refractivity contribution in [1.82, 2.24) is 5.32 Å². The summed E-state index contributed by atoms with van der Waals surface area (Å²) in [7, 11) is 0. The molecule has 1 N–H and O–H groups in total. The van der Waals surface area contributed by atoms with Crippen LogP contribution in [0.15, 0.2) is 12.2 Å². The summed E-state index contributed by atoms with van der Waals surface area (Å²) >= 11 is 0. The molecule has 0 spiro atoms. The van der Waals surface area contributed by atoms with Crippen LogP contribution in [0.4, 0.5) is 4.79 Å². The molecule has 0 aromatic carbocycles. The maximum absolute atomic E-state index is 11.9. The highest BCUT2D eigenvalue weighted by Crippen LogP contribution is 2.30. The average Bonchev–Trinajstić information content (AvgIpc) is 2.25. The minimum Gasteiger partial charge on any atom is -0.444 e. The fourth-order valence-corrected chi connectivity index (χ4v) is 2.30. The Kier molecular flexibility index (Phi) is 5.15. The van der Waals surface area contributed by atoms with Crippen LogP contribution in [0.5, 0.6) is 0 Å². The number of ether oxygens (including phenoxy) is 1. The Hall–Kier alpha value is -1.32. The molecule has 0 unspecified atom stereocenters. The monoisotopic (exact) mass is 267 g/mol. The number of nitrogens with one attached hydrogen (secondary N) is 1. The van der Waals surface area contributed by atoms with E-state index in [4.69, 9.17) is 4.74 Å². The molecule has 1 rings (SSSR count). The number of carbonyl (C=O) groups excluding carboxylic acids is 2. The Morgan fingerprint density at radius 1 is 1.16 bits per heavy atom. The number of hydrogen-bond acceptors (Lipinski definition) is 3. The van der Waals surface area contributed by atoms with Crippen LogP contribution in [0.2, 0.25) is 0 Å². The van der Waals surface area contributed by atoms with Gasteiger partial charge in [-0.25, -0.2) is 4.79 Å². The third kappa shape index (κ3) is 5.90. The van der Waals surface area contributed by atoms with E-state index in [0.717, 1.165) is 25.7 Å². The first kappa shape index (κ1) is 15.7. The van der Waals surface area contributed by atoms with E-state index in [1.165, 1.54) is 13.3 Å². The zero-order chi connectivity index (χ0) is 14.5. The Morgan fingerprint density at radius 2 is 1.74 bits per heavy atom. The van der Waals surface area contributed by atoms with Crippen molar-refractivity contribution in [3.8, 4) is 0 Å². The van der Waals surface area contributed by atoms with Gasteiger partial charge >= 0.3 is 6.09 Å². The molecule has 0 aromatic heterocycles. The van der Waals surface area contributed by atoms with E-state index in [1.54, 1.807) is 6.08 Å². The summed E-state index contributed by atoms with van der Waals surface area (Å²) in [5, 5.41) is 2.94. The molecule has 0 aliphatic heterocycles. The van der Waals surface area contributed by atoms with Gasteiger partial charge in [0.1, 0.15) is 5.60 Å². The SMILES string of the molecule is CC(=O)/C=C\C1(NC(=O)OC(C)(C)C)CCCCC1. The second kappa shape index (κ2) is 6.22. The van der Waals surface area contributed by atoms with Gasteiger partial charge in [-0.05, 0) is 46.6 Å².